The van der Waals surface area contributed by atoms with Gasteiger partial charge in [-0.1, -0.05) is 12.1 Å². The van der Waals surface area contributed by atoms with Crippen molar-refractivity contribution in [2.75, 3.05) is 6.54 Å². The third-order valence-electron chi connectivity index (χ3n) is 4.10. The first-order valence-corrected chi connectivity index (χ1v) is 6.23. The maximum Gasteiger partial charge on any atom is 0.248 e. The van der Waals surface area contributed by atoms with Crippen LogP contribution in [-0.4, -0.2) is 12.5 Å². The quantitative estimate of drug-likeness (QED) is 0.861. The van der Waals surface area contributed by atoms with Gasteiger partial charge in [0.2, 0.25) is 5.92 Å². The van der Waals surface area contributed by atoms with E-state index in [-0.39, 0.29) is 18.7 Å². The molecule has 0 aromatic heterocycles. The third-order valence-corrected chi connectivity index (χ3v) is 4.10. The van der Waals surface area contributed by atoms with E-state index in [4.69, 9.17) is 5.73 Å². The summed E-state index contributed by atoms with van der Waals surface area (Å²) in [5.74, 6) is -2.85. The minimum Gasteiger partial charge on any atom is -0.330 e. The van der Waals surface area contributed by atoms with E-state index in [0.29, 0.717) is 24.9 Å². The third kappa shape index (κ3) is 2.39. The van der Waals surface area contributed by atoms with Crippen molar-refractivity contribution in [3.8, 4) is 0 Å². The molecule has 0 saturated heterocycles. The molecule has 0 heterocycles. The van der Waals surface area contributed by atoms with Crippen LogP contribution in [0.5, 0.6) is 0 Å². The fraction of sp³-hybridized carbons (Fsp3) is 0.571. The van der Waals surface area contributed by atoms with Crippen LogP contribution in [0.1, 0.15) is 36.8 Å². The van der Waals surface area contributed by atoms with Gasteiger partial charge in [-0.25, -0.2) is 13.2 Å². The van der Waals surface area contributed by atoms with E-state index in [1.54, 1.807) is 19.1 Å². The van der Waals surface area contributed by atoms with E-state index in [0.717, 1.165) is 5.56 Å². The lowest BCUT2D eigenvalue weighted by atomic mass is 9.68. The van der Waals surface area contributed by atoms with Crippen LogP contribution in [-0.2, 0) is 5.41 Å². The summed E-state index contributed by atoms with van der Waals surface area (Å²) < 4.78 is 39.8. The van der Waals surface area contributed by atoms with Crippen LogP contribution >= 0.6 is 0 Å². The van der Waals surface area contributed by atoms with Crippen molar-refractivity contribution < 1.29 is 13.2 Å². The number of benzene rings is 1. The Bertz CT molecular complexity index is 433. The van der Waals surface area contributed by atoms with Crippen LogP contribution < -0.4 is 5.73 Å². The molecule has 1 saturated carbocycles. The summed E-state index contributed by atoms with van der Waals surface area (Å²) in [6.45, 7) is 2.01. The number of aryl methyl sites for hydroxylation is 1. The van der Waals surface area contributed by atoms with Crippen LogP contribution in [0.25, 0.3) is 0 Å². The molecule has 0 bridgehead atoms. The molecule has 1 nitrogen and oxygen atoms in total. The van der Waals surface area contributed by atoms with Crippen molar-refractivity contribution in [2.24, 2.45) is 5.73 Å². The average molecular weight is 257 g/mol. The molecule has 100 valence electrons. The van der Waals surface area contributed by atoms with E-state index >= 15 is 0 Å². The summed E-state index contributed by atoms with van der Waals surface area (Å²) in [5.41, 5.74) is 6.82. The molecule has 1 fully saturated rings. The lowest BCUT2D eigenvalue weighted by molar-refractivity contribution is -0.0509. The summed E-state index contributed by atoms with van der Waals surface area (Å²) in [4.78, 5) is 0. The molecule has 4 heteroatoms. The molecule has 2 rings (SSSR count). The van der Waals surface area contributed by atoms with Crippen molar-refractivity contribution in [1.82, 2.24) is 0 Å². The summed E-state index contributed by atoms with van der Waals surface area (Å²) in [6, 6.07) is 4.82. The Morgan fingerprint density at radius 2 is 1.78 bits per heavy atom. The second kappa shape index (κ2) is 4.57. The Balaban J connectivity index is 2.30. The number of halogens is 3. The topological polar surface area (TPSA) is 26.0 Å². The second-order valence-electron chi connectivity index (χ2n) is 5.30. The number of hydrogen-bond acceptors (Lipinski definition) is 1. The van der Waals surface area contributed by atoms with E-state index in [1.807, 2.05) is 0 Å². The molecule has 18 heavy (non-hydrogen) atoms. The minimum atomic E-state index is -2.58. The van der Waals surface area contributed by atoms with Crippen molar-refractivity contribution in [2.45, 2.75) is 43.9 Å². The van der Waals surface area contributed by atoms with Gasteiger partial charge in [0, 0.05) is 24.8 Å². The van der Waals surface area contributed by atoms with Gasteiger partial charge >= 0.3 is 0 Å². The molecule has 1 aromatic carbocycles. The summed E-state index contributed by atoms with van der Waals surface area (Å²) in [5, 5.41) is 0. The second-order valence-corrected chi connectivity index (χ2v) is 5.30. The number of nitrogens with two attached hydrogens (primary N) is 1. The van der Waals surface area contributed by atoms with Crippen LogP contribution in [0.2, 0.25) is 0 Å². The summed E-state index contributed by atoms with van der Waals surface area (Å²) in [7, 11) is 0. The number of alkyl halides is 2. The molecule has 0 unspecified atom stereocenters. The summed E-state index contributed by atoms with van der Waals surface area (Å²) in [6.07, 6.45) is 0.449. The number of hydrogen-bond donors (Lipinski definition) is 1. The maximum absolute atomic E-state index is 13.3. The van der Waals surface area contributed by atoms with E-state index in [2.05, 4.69) is 0 Å². The highest BCUT2D eigenvalue weighted by molar-refractivity contribution is 5.32. The number of rotatable bonds is 2. The SMILES string of the molecule is Cc1cc(C2(CN)CCC(F)(F)CC2)ccc1F. The zero-order chi connectivity index (χ0) is 13.4. The Morgan fingerprint density at radius 1 is 1.17 bits per heavy atom. The molecular weight excluding hydrogens is 239 g/mol. The van der Waals surface area contributed by atoms with E-state index < -0.39 is 11.3 Å². The molecule has 0 spiro atoms. The lowest BCUT2D eigenvalue weighted by Crippen LogP contribution is -2.42. The standard InChI is InChI=1S/C14H18F3N/c1-10-8-11(2-3-12(10)15)13(9-18)4-6-14(16,17)7-5-13/h2-3,8H,4-7,9,18H2,1H3. The zero-order valence-corrected chi connectivity index (χ0v) is 10.5. The van der Waals surface area contributed by atoms with Crippen LogP contribution in [0.15, 0.2) is 18.2 Å². The van der Waals surface area contributed by atoms with Gasteiger partial charge in [-0.3, -0.25) is 0 Å². The molecule has 0 radical (unpaired) electrons. The average Bonchev–Trinajstić information content (AvgIpc) is 2.34. The van der Waals surface area contributed by atoms with Crippen molar-refractivity contribution in [3.63, 3.8) is 0 Å². The fourth-order valence-corrected chi connectivity index (χ4v) is 2.68. The van der Waals surface area contributed by atoms with Crippen molar-refractivity contribution in [1.29, 1.82) is 0 Å². The van der Waals surface area contributed by atoms with Crippen molar-refractivity contribution >= 4 is 0 Å². The highest BCUT2D eigenvalue weighted by Crippen LogP contribution is 2.45. The highest BCUT2D eigenvalue weighted by Gasteiger charge is 2.43. The largest absolute Gasteiger partial charge is 0.330 e. The molecule has 1 aliphatic carbocycles. The van der Waals surface area contributed by atoms with Gasteiger partial charge in [0.25, 0.3) is 0 Å². The Morgan fingerprint density at radius 3 is 2.28 bits per heavy atom. The molecule has 1 aliphatic rings. The highest BCUT2D eigenvalue weighted by atomic mass is 19.3. The fourth-order valence-electron chi connectivity index (χ4n) is 2.68. The predicted octanol–water partition coefficient (Wildman–Crippen LogP) is 3.54. The molecule has 0 atom stereocenters. The smallest absolute Gasteiger partial charge is 0.248 e. The Hall–Kier alpha value is -1.03. The first-order chi connectivity index (χ1) is 8.38. The molecule has 0 amide bonds. The van der Waals surface area contributed by atoms with Gasteiger partial charge in [0.15, 0.2) is 0 Å². The Labute approximate surface area is 105 Å². The van der Waals surface area contributed by atoms with Gasteiger partial charge in [0.05, 0.1) is 0 Å². The predicted molar refractivity (Wildman–Crippen MR) is 65.3 cm³/mol. The molecule has 2 N–H and O–H groups in total. The monoisotopic (exact) mass is 257 g/mol. The van der Waals surface area contributed by atoms with Crippen LogP contribution in [0.4, 0.5) is 13.2 Å². The Kier molecular flexibility index (Phi) is 3.41. The van der Waals surface area contributed by atoms with Gasteiger partial charge in [-0.15, -0.1) is 0 Å². The lowest BCUT2D eigenvalue weighted by Gasteiger charge is -2.40. The van der Waals surface area contributed by atoms with Gasteiger partial charge in [-0.05, 0) is 37.0 Å². The minimum absolute atomic E-state index is 0.138. The molecular formula is C14H18F3N. The van der Waals surface area contributed by atoms with Crippen molar-refractivity contribution in [3.05, 3.63) is 35.1 Å². The maximum atomic E-state index is 13.3. The van der Waals surface area contributed by atoms with Crippen LogP contribution in [0.3, 0.4) is 0 Å². The zero-order valence-electron chi connectivity index (χ0n) is 10.5. The van der Waals surface area contributed by atoms with Gasteiger partial charge in [-0.2, -0.15) is 0 Å². The first-order valence-electron chi connectivity index (χ1n) is 6.23. The van der Waals surface area contributed by atoms with E-state index in [9.17, 15) is 13.2 Å². The molecule has 1 aromatic rings. The molecule has 0 aliphatic heterocycles. The van der Waals surface area contributed by atoms with Gasteiger partial charge < -0.3 is 5.73 Å². The van der Waals surface area contributed by atoms with Crippen LogP contribution in [0, 0.1) is 12.7 Å². The van der Waals surface area contributed by atoms with Gasteiger partial charge in [0.1, 0.15) is 5.82 Å². The normalized spacial score (nSPS) is 21.8. The van der Waals surface area contributed by atoms with E-state index in [1.165, 1.54) is 6.07 Å². The summed E-state index contributed by atoms with van der Waals surface area (Å²) >= 11 is 0. The first kappa shape index (κ1) is 13.4.